The highest BCUT2D eigenvalue weighted by atomic mass is 79.9. The van der Waals surface area contributed by atoms with Crippen molar-refractivity contribution in [2.75, 3.05) is 0 Å². The Morgan fingerprint density at radius 2 is 1.94 bits per heavy atom. The van der Waals surface area contributed by atoms with Gasteiger partial charge in [-0.3, -0.25) is 4.79 Å². The van der Waals surface area contributed by atoms with E-state index in [0.717, 1.165) is 21.2 Å². The molecule has 0 radical (unpaired) electrons. The van der Waals surface area contributed by atoms with E-state index in [-0.39, 0.29) is 12.3 Å². The van der Waals surface area contributed by atoms with Gasteiger partial charge in [0.25, 0.3) is 0 Å². The van der Waals surface area contributed by atoms with E-state index in [1.165, 1.54) is 0 Å². The summed E-state index contributed by atoms with van der Waals surface area (Å²) < 4.78 is 1.02. The minimum atomic E-state index is -0.821. The standard InChI is InChI=1S/C14H19BrO3/c1-8(5-14(17)18)4-13(16)11-6-10(3)12(15)7-9(11)2/h6-8,13,16H,4-5H2,1-3H3,(H,17,18). The third kappa shape index (κ3) is 4.10. The molecule has 3 nitrogen and oxygen atoms in total. The van der Waals surface area contributed by atoms with Crippen LogP contribution in [0.3, 0.4) is 0 Å². The molecule has 4 heteroatoms. The quantitative estimate of drug-likeness (QED) is 0.873. The van der Waals surface area contributed by atoms with Crippen molar-refractivity contribution in [3.05, 3.63) is 33.3 Å². The third-order valence-electron chi connectivity index (χ3n) is 3.06. The van der Waals surface area contributed by atoms with E-state index in [1.54, 1.807) is 0 Å². The molecule has 0 heterocycles. The van der Waals surface area contributed by atoms with E-state index in [0.29, 0.717) is 6.42 Å². The van der Waals surface area contributed by atoms with E-state index < -0.39 is 12.1 Å². The summed E-state index contributed by atoms with van der Waals surface area (Å²) in [6, 6.07) is 3.94. The summed E-state index contributed by atoms with van der Waals surface area (Å²) >= 11 is 3.45. The van der Waals surface area contributed by atoms with Gasteiger partial charge >= 0.3 is 5.97 Å². The van der Waals surface area contributed by atoms with Gasteiger partial charge in [0.2, 0.25) is 0 Å². The van der Waals surface area contributed by atoms with E-state index in [1.807, 2.05) is 32.9 Å². The fourth-order valence-electron chi connectivity index (χ4n) is 2.05. The van der Waals surface area contributed by atoms with Gasteiger partial charge in [-0.15, -0.1) is 0 Å². The molecule has 2 N–H and O–H groups in total. The van der Waals surface area contributed by atoms with Crippen molar-refractivity contribution in [3.63, 3.8) is 0 Å². The average molecular weight is 315 g/mol. The number of carboxylic acid groups (broad SMARTS) is 1. The molecule has 1 aromatic carbocycles. The maximum atomic E-state index is 10.6. The molecule has 1 rings (SSSR count). The van der Waals surface area contributed by atoms with Gasteiger partial charge in [-0.05, 0) is 48.9 Å². The Balaban J connectivity index is 2.81. The van der Waals surface area contributed by atoms with Crippen LogP contribution in [0, 0.1) is 19.8 Å². The number of halogens is 1. The summed E-state index contributed by atoms with van der Waals surface area (Å²) in [5.74, 6) is -0.862. The third-order valence-corrected chi connectivity index (χ3v) is 3.91. The first-order chi connectivity index (χ1) is 8.31. The molecule has 0 saturated heterocycles. The number of aryl methyl sites for hydroxylation is 2. The van der Waals surface area contributed by atoms with Crippen LogP contribution in [-0.2, 0) is 4.79 Å². The zero-order valence-electron chi connectivity index (χ0n) is 10.9. The van der Waals surface area contributed by atoms with Gasteiger partial charge in [0.1, 0.15) is 0 Å². The first kappa shape index (κ1) is 15.2. The molecule has 2 atom stereocenters. The minimum absolute atomic E-state index is 0.0409. The van der Waals surface area contributed by atoms with Crippen LogP contribution >= 0.6 is 15.9 Å². The Bertz CT molecular complexity index is 443. The fraction of sp³-hybridized carbons (Fsp3) is 0.500. The van der Waals surface area contributed by atoms with Crippen LogP contribution in [0.1, 0.15) is 42.6 Å². The van der Waals surface area contributed by atoms with E-state index in [2.05, 4.69) is 15.9 Å². The zero-order valence-corrected chi connectivity index (χ0v) is 12.5. The Morgan fingerprint density at radius 1 is 1.33 bits per heavy atom. The van der Waals surface area contributed by atoms with Crippen molar-refractivity contribution in [1.82, 2.24) is 0 Å². The second kappa shape index (κ2) is 6.34. The summed E-state index contributed by atoms with van der Waals surface area (Å²) in [5.41, 5.74) is 2.97. The van der Waals surface area contributed by atoms with Gasteiger partial charge < -0.3 is 10.2 Å². The van der Waals surface area contributed by atoms with Crippen LogP contribution in [0.15, 0.2) is 16.6 Å². The molecule has 18 heavy (non-hydrogen) atoms. The van der Waals surface area contributed by atoms with Crippen molar-refractivity contribution in [1.29, 1.82) is 0 Å². The van der Waals surface area contributed by atoms with Crippen LogP contribution in [0.2, 0.25) is 0 Å². The first-order valence-corrected chi connectivity index (χ1v) is 6.77. The molecule has 0 bridgehead atoms. The van der Waals surface area contributed by atoms with Gasteiger partial charge in [-0.1, -0.05) is 28.9 Å². The number of carboxylic acids is 1. The molecule has 100 valence electrons. The largest absolute Gasteiger partial charge is 0.481 e. The monoisotopic (exact) mass is 314 g/mol. The molecule has 0 aliphatic heterocycles. The molecule has 0 aliphatic carbocycles. The molecule has 0 aromatic heterocycles. The molecule has 2 unspecified atom stereocenters. The lowest BCUT2D eigenvalue weighted by Gasteiger charge is -2.18. The van der Waals surface area contributed by atoms with Gasteiger partial charge in [-0.2, -0.15) is 0 Å². The molecule has 0 fully saturated rings. The summed E-state index contributed by atoms with van der Waals surface area (Å²) in [5, 5.41) is 18.9. The predicted octanol–water partition coefficient (Wildman–Crippen LogP) is 3.60. The van der Waals surface area contributed by atoms with Crippen LogP contribution in [0.5, 0.6) is 0 Å². The maximum absolute atomic E-state index is 10.6. The van der Waals surface area contributed by atoms with Gasteiger partial charge in [-0.25, -0.2) is 0 Å². The average Bonchev–Trinajstić information content (AvgIpc) is 2.21. The van der Waals surface area contributed by atoms with E-state index in [9.17, 15) is 9.90 Å². The van der Waals surface area contributed by atoms with Gasteiger partial charge in [0, 0.05) is 10.9 Å². The Labute approximate surface area is 116 Å². The van der Waals surface area contributed by atoms with Gasteiger partial charge in [0.15, 0.2) is 0 Å². The Morgan fingerprint density at radius 3 is 2.50 bits per heavy atom. The lowest BCUT2D eigenvalue weighted by atomic mass is 9.92. The smallest absolute Gasteiger partial charge is 0.303 e. The molecule has 1 aromatic rings. The number of hydrogen-bond acceptors (Lipinski definition) is 2. The number of carbonyl (C=O) groups is 1. The van der Waals surface area contributed by atoms with Crippen LogP contribution < -0.4 is 0 Å². The lowest BCUT2D eigenvalue weighted by molar-refractivity contribution is -0.138. The molecule has 0 spiro atoms. The first-order valence-electron chi connectivity index (χ1n) is 5.97. The number of rotatable bonds is 5. The molecule has 0 amide bonds. The normalized spacial score (nSPS) is 14.3. The Hall–Kier alpha value is -0.870. The number of benzene rings is 1. The molecular weight excluding hydrogens is 296 g/mol. The summed E-state index contributed by atoms with van der Waals surface area (Å²) in [6.45, 7) is 5.77. The zero-order chi connectivity index (χ0) is 13.9. The van der Waals surface area contributed by atoms with Crippen molar-refractivity contribution in [2.45, 2.75) is 39.7 Å². The summed E-state index contributed by atoms with van der Waals surface area (Å²) in [6.07, 6.45) is -0.0500. The number of aliphatic hydroxyl groups excluding tert-OH is 1. The highest BCUT2D eigenvalue weighted by Crippen LogP contribution is 2.29. The van der Waals surface area contributed by atoms with Gasteiger partial charge in [0.05, 0.1) is 6.10 Å². The predicted molar refractivity (Wildman–Crippen MR) is 74.6 cm³/mol. The van der Waals surface area contributed by atoms with Crippen LogP contribution in [-0.4, -0.2) is 16.2 Å². The second-order valence-electron chi connectivity index (χ2n) is 4.91. The number of aliphatic carboxylic acids is 1. The topological polar surface area (TPSA) is 57.5 Å². The van der Waals surface area contributed by atoms with E-state index in [4.69, 9.17) is 5.11 Å². The molecule has 0 saturated carbocycles. The molecular formula is C14H19BrO3. The molecule has 0 aliphatic rings. The highest BCUT2D eigenvalue weighted by Gasteiger charge is 2.17. The van der Waals surface area contributed by atoms with Crippen LogP contribution in [0.4, 0.5) is 0 Å². The number of aliphatic hydroxyl groups is 1. The van der Waals surface area contributed by atoms with Crippen molar-refractivity contribution >= 4 is 21.9 Å². The summed E-state index contributed by atoms with van der Waals surface area (Å²) in [7, 11) is 0. The SMILES string of the molecule is Cc1cc(C(O)CC(C)CC(=O)O)c(C)cc1Br. The minimum Gasteiger partial charge on any atom is -0.481 e. The number of hydrogen-bond donors (Lipinski definition) is 2. The van der Waals surface area contributed by atoms with Crippen LogP contribution in [0.25, 0.3) is 0 Å². The summed E-state index contributed by atoms with van der Waals surface area (Å²) in [4.78, 5) is 10.6. The van der Waals surface area contributed by atoms with Crippen molar-refractivity contribution < 1.29 is 15.0 Å². The fourth-order valence-corrected chi connectivity index (χ4v) is 2.51. The highest BCUT2D eigenvalue weighted by molar-refractivity contribution is 9.10. The Kier molecular flexibility index (Phi) is 5.35. The van der Waals surface area contributed by atoms with Crippen molar-refractivity contribution in [3.8, 4) is 0 Å². The maximum Gasteiger partial charge on any atom is 0.303 e. The van der Waals surface area contributed by atoms with Crippen molar-refractivity contribution in [2.24, 2.45) is 5.92 Å². The lowest BCUT2D eigenvalue weighted by Crippen LogP contribution is -2.10. The van der Waals surface area contributed by atoms with E-state index >= 15 is 0 Å². The second-order valence-corrected chi connectivity index (χ2v) is 5.77.